The number of aryl methyl sites for hydroxylation is 2. The predicted molar refractivity (Wildman–Crippen MR) is 151 cm³/mol. The maximum Gasteiger partial charge on any atom is 0.264 e. The summed E-state index contributed by atoms with van der Waals surface area (Å²) in [6.07, 6.45) is 0.690. The molecule has 0 saturated heterocycles. The normalized spacial score (nSPS) is 12.9. The fourth-order valence-electron chi connectivity index (χ4n) is 4.01. The van der Waals surface area contributed by atoms with E-state index >= 15 is 0 Å². The van der Waals surface area contributed by atoms with E-state index in [-0.39, 0.29) is 23.0 Å². The van der Waals surface area contributed by atoms with Crippen molar-refractivity contribution in [1.29, 1.82) is 0 Å². The molecule has 7 nitrogen and oxygen atoms in total. The first-order valence-electron chi connectivity index (χ1n) is 12.9. The van der Waals surface area contributed by atoms with E-state index < -0.39 is 40.2 Å². The highest BCUT2D eigenvalue weighted by Gasteiger charge is 2.33. The van der Waals surface area contributed by atoms with Gasteiger partial charge in [-0.25, -0.2) is 12.8 Å². The summed E-state index contributed by atoms with van der Waals surface area (Å²) in [6, 6.07) is 18.1. The van der Waals surface area contributed by atoms with Crippen molar-refractivity contribution >= 4 is 27.5 Å². The van der Waals surface area contributed by atoms with Crippen LogP contribution in [-0.4, -0.2) is 43.8 Å². The van der Waals surface area contributed by atoms with Gasteiger partial charge in [-0.05, 0) is 70.0 Å². The second-order valence-corrected chi connectivity index (χ2v) is 11.6. The van der Waals surface area contributed by atoms with Gasteiger partial charge in [0.05, 0.1) is 10.6 Å². The zero-order valence-electron chi connectivity index (χ0n) is 23.0. The molecule has 0 aliphatic rings. The first-order chi connectivity index (χ1) is 18.4. The standard InChI is InChI=1S/C30H36FN3O4S/c1-6-23(4)32-30(36)24(5)33(19-25-11-7-8-13-28(25)31)29(35)20-34(26-12-9-10-22(3)18-26)39(37,38)27-16-14-21(2)15-17-27/h7-18,23-24H,6,19-20H2,1-5H3,(H,32,36). The van der Waals surface area contributed by atoms with Gasteiger partial charge >= 0.3 is 0 Å². The van der Waals surface area contributed by atoms with Crippen molar-refractivity contribution in [3.63, 3.8) is 0 Å². The van der Waals surface area contributed by atoms with Crippen LogP contribution in [0.25, 0.3) is 0 Å². The lowest BCUT2D eigenvalue weighted by Gasteiger charge is -2.32. The summed E-state index contributed by atoms with van der Waals surface area (Å²) in [5.41, 5.74) is 2.24. The molecule has 3 aromatic rings. The van der Waals surface area contributed by atoms with Crippen LogP contribution in [0.5, 0.6) is 0 Å². The first kappa shape index (κ1) is 29.8. The SMILES string of the molecule is CCC(C)NC(=O)C(C)N(Cc1ccccc1F)C(=O)CN(c1cccc(C)c1)S(=O)(=O)c1ccc(C)cc1. The molecule has 0 saturated carbocycles. The molecule has 0 spiro atoms. The van der Waals surface area contributed by atoms with E-state index in [9.17, 15) is 22.4 Å². The minimum atomic E-state index is -4.15. The van der Waals surface area contributed by atoms with Crippen molar-refractivity contribution in [3.05, 3.63) is 95.3 Å². The Kier molecular flexibility index (Phi) is 9.86. The Labute approximate surface area is 230 Å². The Morgan fingerprint density at radius 3 is 2.21 bits per heavy atom. The van der Waals surface area contributed by atoms with Crippen LogP contribution in [0.15, 0.2) is 77.7 Å². The maximum absolute atomic E-state index is 14.6. The Hall–Kier alpha value is -3.72. The average Bonchev–Trinajstić information content (AvgIpc) is 2.90. The van der Waals surface area contributed by atoms with Crippen LogP contribution in [0, 0.1) is 19.7 Å². The van der Waals surface area contributed by atoms with E-state index in [0.29, 0.717) is 12.1 Å². The van der Waals surface area contributed by atoms with Gasteiger partial charge in [0.25, 0.3) is 10.0 Å². The fraction of sp³-hybridized carbons (Fsp3) is 0.333. The van der Waals surface area contributed by atoms with Crippen molar-refractivity contribution in [2.24, 2.45) is 0 Å². The number of carbonyl (C=O) groups excluding carboxylic acids is 2. The number of nitrogens with one attached hydrogen (secondary N) is 1. The van der Waals surface area contributed by atoms with E-state index in [0.717, 1.165) is 15.4 Å². The second-order valence-electron chi connectivity index (χ2n) is 9.77. The summed E-state index contributed by atoms with van der Waals surface area (Å²) in [5.74, 6) is -1.56. The van der Waals surface area contributed by atoms with Crippen LogP contribution < -0.4 is 9.62 Å². The lowest BCUT2D eigenvalue weighted by atomic mass is 10.1. The molecule has 0 radical (unpaired) electrons. The highest BCUT2D eigenvalue weighted by molar-refractivity contribution is 7.92. The van der Waals surface area contributed by atoms with Gasteiger partial charge in [0, 0.05) is 18.2 Å². The number of halogens is 1. The predicted octanol–water partition coefficient (Wildman–Crippen LogP) is 4.97. The molecule has 0 aromatic heterocycles. The molecule has 9 heteroatoms. The molecule has 1 N–H and O–H groups in total. The van der Waals surface area contributed by atoms with Gasteiger partial charge in [-0.15, -0.1) is 0 Å². The molecule has 3 rings (SSSR count). The smallest absolute Gasteiger partial charge is 0.264 e. The van der Waals surface area contributed by atoms with Crippen LogP contribution in [0.3, 0.4) is 0 Å². The molecule has 0 aliphatic heterocycles. The molecule has 0 fully saturated rings. The third-order valence-corrected chi connectivity index (χ3v) is 8.43. The molecule has 208 valence electrons. The first-order valence-corrected chi connectivity index (χ1v) is 14.4. The van der Waals surface area contributed by atoms with E-state index in [1.807, 2.05) is 33.8 Å². The van der Waals surface area contributed by atoms with Gasteiger partial charge in [-0.2, -0.15) is 0 Å². The van der Waals surface area contributed by atoms with Crippen molar-refractivity contribution in [2.75, 3.05) is 10.8 Å². The number of anilines is 1. The van der Waals surface area contributed by atoms with Crippen LogP contribution in [0.1, 0.15) is 43.9 Å². The number of rotatable bonds is 11. The summed E-state index contributed by atoms with van der Waals surface area (Å²) in [5, 5.41) is 2.86. The summed E-state index contributed by atoms with van der Waals surface area (Å²) < 4.78 is 43.3. The Bertz CT molecular complexity index is 1410. The molecule has 3 aromatic carbocycles. The molecule has 2 unspecified atom stereocenters. The number of hydrogen-bond acceptors (Lipinski definition) is 4. The topological polar surface area (TPSA) is 86.8 Å². The Morgan fingerprint density at radius 2 is 1.59 bits per heavy atom. The van der Waals surface area contributed by atoms with Crippen molar-refractivity contribution in [1.82, 2.24) is 10.2 Å². The molecule has 0 bridgehead atoms. The zero-order valence-corrected chi connectivity index (χ0v) is 23.8. The van der Waals surface area contributed by atoms with Crippen LogP contribution in [-0.2, 0) is 26.2 Å². The van der Waals surface area contributed by atoms with E-state index in [1.54, 1.807) is 43.3 Å². The number of nitrogens with zero attached hydrogens (tertiary/aromatic N) is 2. The lowest BCUT2D eigenvalue weighted by molar-refractivity contribution is -0.139. The van der Waals surface area contributed by atoms with Gasteiger partial charge in [-0.1, -0.05) is 55.0 Å². The summed E-state index contributed by atoms with van der Waals surface area (Å²) >= 11 is 0. The molecule has 2 atom stereocenters. The summed E-state index contributed by atoms with van der Waals surface area (Å²) in [7, 11) is -4.15. The molecule has 39 heavy (non-hydrogen) atoms. The number of carbonyl (C=O) groups is 2. The van der Waals surface area contributed by atoms with Crippen LogP contribution in [0.4, 0.5) is 10.1 Å². The van der Waals surface area contributed by atoms with Gasteiger partial charge in [0.1, 0.15) is 18.4 Å². The van der Waals surface area contributed by atoms with E-state index in [4.69, 9.17) is 0 Å². The summed E-state index contributed by atoms with van der Waals surface area (Å²) in [6.45, 7) is 8.23. The number of benzene rings is 3. The number of hydrogen-bond donors (Lipinski definition) is 1. The second kappa shape index (κ2) is 12.9. The lowest BCUT2D eigenvalue weighted by Crippen LogP contribution is -2.52. The number of amides is 2. The zero-order chi connectivity index (χ0) is 28.7. The fourth-order valence-corrected chi connectivity index (χ4v) is 5.41. The minimum absolute atomic E-state index is 0.0330. The van der Waals surface area contributed by atoms with Crippen LogP contribution in [0.2, 0.25) is 0 Å². The maximum atomic E-state index is 14.6. The minimum Gasteiger partial charge on any atom is -0.352 e. The van der Waals surface area contributed by atoms with Crippen molar-refractivity contribution < 1.29 is 22.4 Å². The third-order valence-electron chi connectivity index (χ3n) is 6.64. The molecular weight excluding hydrogens is 517 g/mol. The van der Waals surface area contributed by atoms with Crippen molar-refractivity contribution in [3.8, 4) is 0 Å². The van der Waals surface area contributed by atoms with Crippen LogP contribution >= 0.6 is 0 Å². The quantitative estimate of drug-likeness (QED) is 0.363. The largest absolute Gasteiger partial charge is 0.352 e. The highest BCUT2D eigenvalue weighted by Crippen LogP contribution is 2.26. The average molecular weight is 554 g/mol. The van der Waals surface area contributed by atoms with Gasteiger partial charge in [0.15, 0.2) is 0 Å². The van der Waals surface area contributed by atoms with Gasteiger partial charge < -0.3 is 10.2 Å². The molecular formula is C30H36FN3O4S. The molecule has 0 aliphatic carbocycles. The van der Waals surface area contributed by atoms with Gasteiger partial charge in [0.2, 0.25) is 11.8 Å². The Morgan fingerprint density at radius 1 is 0.923 bits per heavy atom. The summed E-state index contributed by atoms with van der Waals surface area (Å²) in [4.78, 5) is 28.2. The molecule has 0 heterocycles. The van der Waals surface area contributed by atoms with Gasteiger partial charge in [-0.3, -0.25) is 13.9 Å². The molecule has 2 amide bonds. The van der Waals surface area contributed by atoms with E-state index in [2.05, 4.69) is 5.32 Å². The van der Waals surface area contributed by atoms with Crippen molar-refractivity contribution in [2.45, 2.75) is 64.6 Å². The third kappa shape index (κ3) is 7.44. The highest BCUT2D eigenvalue weighted by atomic mass is 32.2. The monoisotopic (exact) mass is 553 g/mol. The number of sulfonamides is 1. The Balaban J connectivity index is 2.04. The van der Waals surface area contributed by atoms with E-state index in [1.165, 1.54) is 35.2 Å².